The van der Waals surface area contributed by atoms with E-state index >= 15 is 0 Å². The molecule has 5 saturated carbocycles. The fourth-order valence-electron chi connectivity index (χ4n) is 12.2. The molecule has 5 N–H and O–H groups in total. The second-order valence-electron chi connectivity index (χ2n) is 16.4. The molecular weight excluding hydrogens is 502 g/mol. The number of amides is 1. The second kappa shape index (κ2) is 9.79. The molecule has 6 heteroatoms. The van der Waals surface area contributed by atoms with Crippen LogP contribution in [0.2, 0.25) is 0 Å². The predicted octanol–water partition coefficient (Wildman–Crippen LogP) is 4.84. The molecule has 40 heavy (non-hydrogen) atoms. The van der Waals surface area contributed by atoms with E-state index in [1.54, 1.807) is 0 Å². The van der Waals surface area contributed by atoms with Gasteiger partial charge >= 0.3 is 0 Å². The van der Waals surface area contributed by atoms with E-state index in [1.165, 1.54) is 12.8 Å². The largest absolute Gasteiger partial charge is 0.394 e. The zero-order chi connectivity index (χ0) is 29.5. The van der Waals surface area contributed by atoms with Gasteiger partial charge in [0, 0.05) is 0 Å². The van der Waals surface area contributed by atoms with Crippen LogP contribution in [0.5, 0.6) is 0 Å². The van der Waals surface area contributed by atoms with Crippen LogP contribution < -0.4 is 5.32 Å². The summed E-state index contributed by atoms with van der Waals surface area (Å²) in [6, 6.07) is 0. The molecule has 0 unspecified atom stereocenters. The maximum atomic E-state index is 14.2. The van der Waals surface area contributed by atoms with E-state index in [1.807, 2.05) is 0 Å². The van der Waals surface area contributed by atoms with Gasteiger partial charge in [0.05, 0.1) is 31.3 Å². The Labute approximate surface area is 242 Å². The van der Waals surface area contributed by atoms with Gasteiger partial charge in [-0.05, 0) is 122 Å². The number of carbonyl (C=O) groups excluding carboxylic acids is 1. The minimum atomic E-state index is -1.41. The van der Waals surface area contributed by atoms with Crippen LogP contribution >= 0.6 is 0 Å². The van der Waals surface area contributed by atoms with E-state index < -0.39 is 30.8 Å². The van der Waals surface area contributed by atoms with Gasteiger partial charge in [0.2, 0.25) is 5.91 Å². The summed E-state index contributed by atoms with van der Waals surface area (Å²) in [4.78, 5) is 14.2. The van der Waals surface area contributed by atoms with Crippen LogP contribution in [0, 0.1) is 56.7 Å². The molecule has 1 amide bonds. The lowest BCUT2D eigenvalue weighted by atomic mass is 9.32. The molecule has 0 bridgehead atoms. The molecule has 5 aliphatic rings. The van der Waals surface area contributed by atoms with E-state index in [-0.39, 0.29) is 45.5 Å². The second-order valence-corrected chi connectivity index (χ2v) is 16.4. The molecule has 0 heterocycles. The summed E-state index contributed by atoms with van der Waals surface area (Å²) < 4.78 is 0. The summed E-state index contributed by atoms with van der Waals surface area (Å²) in [6.07, 6.45) is 9.88. The number of rotatable bonds is 6. The number of nitrogens with one attached hydrogen (secondary N) is 1. The third-order valence-corrected chi connectivity index (χ3v) is 14.8. The van der Waals surface area contributed by atoms with Crippen molar-refractivity contribution in [2.24, 2.45) is 56.7 Å². The highest BCUT2D eigenvalue weighted by molar-refractivity contribution is 5.84. The van der Waals surface area contributed by atoms with Crippen molar-refractivity contribution in [2.45, 2.75) is 117 Å². The molecule has 0 radical (unpaired) electrons. The quantitative estimate of drug-likeness (QED) is 0.299. The first-order valence-corrected chi connectivity index (χ1v) is 16.1. The number of hydrogen-bond donors (Lipinski definition) is 5. The number of aliphatic hydroxyl groups is 4. The van der Waals surface area contributed by atoms with E-state index in [0.29, 0.717) is 17.8 Å². The molecule has 5 aliphatic carbocycles. The lowest BCUT2D eigenvalue weighted by Crippen LogP contribution is -2.68. The van der Waals surface area contributed by atoms with Gasteiger partial charge in [-0.2, -0.15) is 0 Å². The van der Waals surface area contributed by atoms with Gasteiger partial charge in [0.15, 0.2) is 0 Å². The van der Waals surface area contributed by atoms with Crippen LogP contribution in [0.4, 0.5) is 0 Å². The van der Waals surface area contributed by atoms with E-state index in [9.17, 15) is 25.2 Å². The van der Waals surface area contributed by atoms with Crippen LogP contribution in [0.3, 0.4) is 0 Å². The predicted molar refractivity (Wildman–Crippen MR) is 157 cm³/mol. The molecule has 0 saturated heterocycles. The summed E-state index contributed by atoms with van der Waals surface area (Å²) in [6.45, 7) is 17.3. The van der Waals surface area contributed by atoms with Gasteiger partial charge in [0.1, 0.15) is 5.54 Å². The molecule has 0 aromatic heterocycles. The molecule has 228 valence electrons. The third-order valence-electron chi connectivity index (χ3n) is 14.8. The first-order chi connectivity index (χ1) is 18.6. The summed E-state index contributed by atoms with van der Waals surface area (Å²) in [5.74, 6) is 1.86. The molecular formula is C34H57NO5. The fraction of sp³-hybridized carbons (Fsp3) is 0.912. The minimum Gasteiger partial charge on any atom is -0.394 e. The summed E-state index contributed by atoms with van der Waals surface area (Å²) in [7, 11) is 0. The molecule has 0 aromatic carbocycles. The first-order valence-electron chi connectivity index (χ1n) is 16.1. The van der Waals surface area contributed by atoms with E-state index in [4.69, 9.17) is 0 Å². The van der Waals surface area contributed by atoms with Gasteiger partial charge in [-0.15, -0.1) is 0 Å². The molecule has 0 aliphatic heterocycles. The van der Waals surface area contributed by atoms with Crippen LogP contribution in [0.15, 0.2) is 12.2 Å². The standard InChI is InChI=1S/C34H57NO5/c1-21(2)22-10-15-34(28(40)35-33(18-36,19-37)20-38)17-16-31(6)23(27(22)34)8-9-25-30(5)13-12-26(39)29(3,4)24(30)11-14-32(25,31)7/h22-27,36-39H,1,8-20H2,2-7H3,(H,35,40)/t22-,23+,24-,25+,26-,27+,30-,31+,32+,34-/m0/s1. The Kier molecular flexibility index (Phi) is 7.46. The molecule has 0 spiro atoms. The Hall–Kier alpha value is -0.950. The van der Waals surface area contributed by atoms with Crippen molar-refractivity contribution < 1.29 is 25.2 Å². The normalized spacial score (nSPS) is 47.9. The highest BCUT2D eigenvalue weighted by Crippen LogP contribution is 2.77. The van der Waals surface area contributed by atoms with Gasteiger partial charge in [0.25, 0.3) is 0 Å². The summed E-state index contributed by atoms with van der Waals surface area (Å²) in [5.41, 5.74) is -0.419. The van der Waals surface area contributed by atoms with Crippen molar-refractivity contribution >= 4 is 5.91 Å². The summed E-state index contributed by atoms with van der Waals surface area (Å²) >= 11 is 0. The topological polar surface area (TPSA) is 110 Å². The molecule has 6 nitrogen and oxygen atoms in total. The summed E-state index contributed by atoms with van der Waals surface area (Å²) in [5, 5.41) is 44.0. The molecule has 0 aromatic rings. The van der Waals surface area contributed by atoms with Gasteiger partial charge < -0.3 is 25.7 Å². The maximum absolute atomic E-state index is 14.2. The Bertz CT molecular complexity index is 1010. The van der Waals surface area contributed by atoms with Gasteiger partial charge in [-0.1, -0.05) is 46.8 Å². The maximum Gasteiger partial charge on any atom is 0.227 e. The number of aliphatic hydroxyl groups excluding tert-OH is 4. The van der Waals surface area contributed by atoms with Crippen molar-refractivity contribution in [2.75, 3.05) is 19.8 Å². The zero-order valence-electron chi connectivity index (χ0n) is 26.1. The van der Waals surface area contributed by atoms with Crippen LogP contribution in [0.1, 0.15) is 106 Å². The van der Waals surface area contributed by atoms with Crippen LogP contribution in [-0.2, 0) is 4.79 Å². The zero-order valence-corrected chi connectivity index (χ0v) is 26.1. The van der Waals surface area contributed by atoms with Gasteiger partial charge in [-0.3, -0.25) is 4.79 Å². The molecule has 10 atom stereocenters. The number of fused-ring (bicyclic) bond motifs is 7. The minimum absolute atomic E-state index is 0.0684. The Morgan fingerprint density at radius 3 is 2.08 bits per heavy atom. The van der Waals surface area contributed by atoms with E-state index in [2.05, 4.69) is 53.4 Å². The Morgan fingerprint density at radius 1 is 0.825 bits per heavy atom. The Morgan fingerprint density at radius 2 is 1.48 bits per heavy atom. The molecule has 5 rings (SSSR count). The average Bonchev–Trinajstić information content (AvgIpc) is 3.31. The number of allylic oxidation sites excluding steroid dienone is 1. The van der Waals surface area contributed by atoms with Crippen molar-refractivity contribution in [3.05, 3.63) is 12.2 Å². The highest BCUT2D eigenvalue weighted by atomic mass is 16.3. The number of carbonyl (C=O) groups is 1. The van der Waals surface area contributed by atoms with Gasteiger partial charge in [-0.25, -0.2) is 0 Å². The smallest absolute Gasteiger partial charge is 0.227 e. The van der Waals surface area contributed by atoms with Crippen LogP contribution in [-0.4, -0.2) is 57.8 Å². The van der Waals surface area contributed by atoms with Crippen molar-refractivity contribution in [3.63, 3.8) is 0 Å². The molecule has 5 fully saturated rings. The first kappa shape index (κ1) is 30.5. The van der Waals surface area contributed by atoms with Crippen molar-refractivity contribution in [1.82, 2.24) is 5.32 Å². The Balaban J connectivity index is 1.53. The number of hydrogen-bond acceptors (Lipinski definition) is 5. The van der Waals surface area contributed by atoms with E-state index in [0.717, 1.165) is 56.9 Å². The highest BCUT2D eigenvalue weighted by Gasteiger charge is 2.72. The fourth-order valence-corrected chi connectivity index (χ4v) is 12.2. The third kappa shape index (κ3) is 3.84. The monoisotopic (exact) mass is 559 g/mol. The SMILES string of the molecule is C=C(C)[C@@H]1CC[C@]2(C(=O)NC(CO)(CO)CO)CC[C@]3(C)[C@H](CC[C@@H]4[C@@]5(C)CC[C@H](O)C(C)(C)[C@@H]5CC[C@]43C)[C@@H]12. The van der Waals surface area contributed by atoms with Crippen molar-refractivity contribution in [3.8, 4) is 0 Å². The lowest BCUT2D eigenvalue weighted by molar-refractivity contribution is -0.246. The van der Waals surface area contributed by atoms with Crippen LogP contribution in [0.25, 0.3) is 0 Å². The lowest BCUT2D eigenvalue weighted by Gasteiger charge is -2.72. The van der Waals surface area contributed by atoms with Crippen molar-refractivity contribution in [1.29, 1.82) is 0 Å². The average molecular weight is 560 g/mol.